The summed E-state index contributed by atoms with van der Waals surface area (Å²) in [5, 5.41) is 11.6. The molecule has 4 rings (SSSR count). The Bertz CT molecular complexity index is 646. The summed E-state index contributed by atoms with van der Waals surface area (Å²) in [4.78, 5) is 11.6. The van der Waals surface area contributed by atoms with Gasteiger partial charge in [-0.15, -0.1) is 24.0 Å². The summed E-state index contributed by atoms with van der Waals surface area (Å²) >= 11 is 0. The zero-order valence-electron chi connectivity index (χ0n) is 16.4. The number of halogens is 1. The van der Waals surface area contributed by atoms with Gasteiger partial charge in [-0.3, -0.25) is 4.99 Å². The molecule has 9 heteroatoms. The highest BCUT2D eigenvalue weighted by atomic mass is 127. The summed E-state index contributed by atoms with van der Waals surface area (Å²) in [6, 6.07) is 1.22. The molecular weight excluding hydrogens is 457 g/mol. The van der Waals surface area contributed by atoms with Gasteiger partial charge in [0.25, 0.3) is 0 Å². The van der Waals surface area contributed by atoms with Crippen LogP contribution in [-0.4, -0.2) is 71.5 Å². The van der Waals surface area contributed by atoms with E-state index < -0.39 is 0 Å². The van der Waals surface area contributed by atoms with Crippen molar-refractivity contribution in [2.75, 3.05) is 33.8 Å². The van der Waals surface area contributed by atoms with Crippen molar-refractivity contribution in [2.24, 2.45) is 10.9 Å². The van der Waals surface area contributed by atoms with Crippen molar-refractivity contribution in [3.63, 3.8) is 0 Å². The number of guanidine groups is 1. The maximum absolute atomic E-state index is 5.13. The molecule has 1 saturated heterocycles. The molecule has 2 unspecified atom stereocenters. The van der Waals surface area contributed by atoms with E-state index in [1.54, 1.807) is 7.11 Å². The van der Waals surface area contributed by atoms with E-state index in [2.05, 4.69) is 30.6 Å². The Balaban J connectivity index is 0.00000210. The fourth-order valence-electron chi connectivity index (χ4n) is 4.10. The van der Waals surface area contributed by atoms with E-state index in [0.717, 1.165) is 55.5 Å². The number of methoxy groups -OCH3 is 1. The fraction of sp³-hybridized carbons (Fsp3) is 0.833. The topological polar surface area (TPSA) is 79.6 Å². The minimum absolute atomic E-state index is 0. The lowest BCUT2D eigenvalue weighted by atomic mass is 10.1. The average molecular weight is 489 g/mol. The summed E-state index contributed by atoms with van der Waals surface area (Å²) in [7, 11) is 3.52. The van der Waals surface area contributed by atoms with Crippen LogP contribution in [0.15, 0.2) is 4.99 Å². The second kappa shape index (κ2) is 9.51. The lowest BCUT2D eigenvalue weighted by Crippen LogP contribution is -2.48. The zero-order valence-corrected chi connectivity index (χ0v) is 18.7. The van der Waals surface area contributed by atoms with Crippen molar-refractivity contribution in [1.29, 1.82) is 0 Å². The number of aryl methyl sites for hydroxylation is 1. The Morgan fingerprint density at radius 1 is 1.26 bits per heavy atom. The standard InChI is InChI=1S/C18H31N7O.HI/c1-19-18(20-9-13-7-8-24(10-13)15-4-5-15)21-14-3-6-17-22-16(12-26-2)23-25(17)11-14;/h13-15H,3-12H2,1-2H3,(H2,19,20,21);1H. The average Bonchev–Trinajstić information content (AvgIpc) is 3.25. The van der Waals surface area contributed by atoms with Crippen LogP contribution in [0, 0.1) is 5.92 Å². The van der Waals surface area contributed by atoms with E-state index in [1.807, 2.05) is 11.7 Å². The number of rotatable bonds is 6. The molecule has 1 aliphatic carbocycles. The van der Waals surface area contributed by atoms with Crippen molar-refractivity contribution in [2.45, 2.75) is 57.3 Å². The molecule has 3 heterocycles. The highest BCUT2D eigenvalue weighted by molar-refractivity contribution is 14.0. The third-order valence-electron chi connectivity index (χ3n) is 5.68. The molecule has 27 heavy (non-hydrogen) atoms. The van der Waals surface area contributed by atoms with Crippen LogP contribution in [0.25, 0.3) is 0 Å². The van der Waals surface area contributed by atoms with E-state index in [1.165, 1.54) is 32.4 Å². The lowest BCUT2D eigenvalue weighted by molar-refractivity contribution is 0.177. The fourth-order valence-corrected chi connectivity index (χ4v) is 4.10. The Labute approximate surface area is 178 Å². The van der Waals surface area contributed by atoms with E-state index >= 15 is 0 Å². The van der Waals surface area contributed by atoms with Gasteiger partial charge in [-0.2, -0.15) is 5.10 Å². The van der Waals surface area contributed by atoms with Crippen molar-refractivity contribution in [3.8, 4) is 0 Å². The van der Waals surface area contributed by atoms with Gasteiger partial charge in [0, 0.05) is 45.8 Å². The Hall–Kier alpha value is -0.940. The van der Waals surface area contributed by atoms with Crippen LogP contribution in [0.3, 0.4) is 0 Å². The molecule has 2 atom stereocenters. The molecule has 0 bridgehead atoms. The summed E-state index contributed by atoms with van der Waals surface area (Å²) in [5.41, 5.74) is 0. The number of ether oxygens (including phenoxy) is 1. The van der Waals surface area contributed by atoms with E-state index in [-0.39, 0.29) is 24.0 Å². The maximum Gasteiger partial charge on any atom is 0.191 e. The zero-order chi connectivity index (χ0) is 17.9. The van der Waals surface area contributed by atoms with Crippen molar-refractivity contribution in [3.05, 3.63) is 11.6 Å². The van der Waals surface area contributed by atoms with Crippen molar-refractivity contribution < 1.29 is 4.74 Å². The summed E-state index contributed by atoms with van der Waals surface area (Å²) in [6.07, 6.45) is 6.09. The molecule has 0 radical (unpaired) electrons. The van der Waals surface area contributed by atoms with Gasteiger partial charge in [-0.05, 0) is 38.1 Å². The number of nitrogens with zero attached hydrogens (tertiary/aromatic N) is 5. The molecule has 8 nitrogen and oxygen atoms in total. The molecule has 2 N–H and O–H groups in total. The predicted molar refractivity (Wildman–Crippen MR) is 115 cm³/mol. The SMILES string of the molecule is CN=C(NCC1CCN(C2CC2)C1)NC1CCc2nc(COC)nn2C1.I. The third kappa shape index (κ3) is 5.32. The highest BCUT2D eigenvalue weighted by Crippen LogP contribution is 2.31. The number of likely N-dealkylation sites (tertiary alicyclic amines) is 1. The molecule has 2 fully saturated rings. The smallest absolute Gasteiger partial charge is 0.191 e. The van der Waals surface area contributed by atoms with Crippen LogP contribution in [0.5, 0.6) is 0 Å². The molecule has 1 saturated carbocycles. The second-order valence-corrected chi connectivity index (χ2v) is 7.77. The van der Waals surface area contributed by atoms with Gasteiger partial charge in [-0.1, -0.05) is 0 Å². The van der Waals surface area contributed by atoms with Gasteiger partial charge in [0.1, 0.15) is 12.4 Å². The molecule has 0 aromatic carbocycles. The van der Waals surface area contributed by atoms with Crippen LogP contribution in [0.2, 0.25) is 0 Å². The first-order chi connectivity index (χ1) is 12.7. The number of aliphatic imine (C=N–C) groups is 1. The third-order valence-corrected chi connectivity index (χ3v) is 5.68. The molecular formula is C18H32IN7O. The van der Waals surface area contributed by atoms with E-state index in [0.29, 0.717) is 12.6 Å². The Morgan fingerprint density at radius 3 is 2.85 bits per heavy atom. The normalized spacial score (nSPS) is 25.8. The number of aromatic nitrogens is 3. The number of hydrogen-bond acceptors (Lipinski definition) is 5. The first-order valence-electron chi connectivity index (χ1n) is 9.88. The van der Waals surface area contributed by atoms with Crippen LogP contribution in [-0.2, 0) is 24.3 Å². The van der Waals surface area contributed by atoms with Gasteiger partial charge >= 0.3 is 0 Å². The summed E-state index contributed by atoms with van der Waals surface area (Å²) in [6.45, 7) is 4.81. The summed E-state index contributed by atoms with van der Waals surface area (Å²) < 4.78 is 7.14. The molecule has 0 amide bonds. The number of nitrogens with one attached hydrogen (secondary N) is 2. The molecule has 0 spiro atoms. The molecule has 3 aliphatic rings. The highest BCUT2D eigenvalue weighted by Gasteiger charge is 2.34. The van der Waals surface area contributed by atoms with E-state index in [9.17, 15) is 0 Å². The predicted octanol–water partition coefficient (Wildman–Crippen LogP) is 1.01. The number of hydrogen-bond donors (Lipinski definition) is 2. The van der Waals surface area contributed by atoms with Crippen molar-refractivity contribution >= 4 is 29.9 Å². The van der Waals surface area contributed by atoms with Gasteiger partial charge in [0.05, 0.1) is 6.54 Å². The van der Waals surface area contributed by atoms with Crippen LogP contribution >= 0.6 is 24.0 Å². The lowest BCUT2D eigenvalue weighted by Gasteiger charge is -2.26. The van der Waals surface area contributed by atoms with Gasteiger partial charge < -0.3 is 20.3 Å². The quantitative estimate of drug-likeness (QED) is 0.353. The first-order valence-corrected chi connectivity index (χ1v) is 9.88. The number of fused-ring (bicyclic) bond motifs is 1. The van der Waals surface area contributed by atoms with Crippen LogP contribution in [0.4, 0.5) is 0 Å². The van der Waals surface area contributed by atoms with Crippen LogP contribution < -0.4 is 10.6 Å². The van der Waals surface area contributed by atoms with Crippen molar-refractivity contribution in [1.82, 2.24) is 30.3 Å². The minimum atomic E-state index is 0. The van der Waals surface area contributed by atoms with E-state index in [4.69, 9.17) is 4.74 Å². The van der Waals surface area contributed by atoms with Gasteiger partial charge in [-0.25, -0.2) is 9.67 Å². The molecule has 1 aromatic heterocycles. The van der Waals surface area contributed by atoms with Gasteiger partial charge in [0.2, 0.25) is 0 Å². The summed E-state index contributed by atoms with van der Waals surface area (Å²) in [5.74, 6) is 3.47. The largest absolute Gasteiger partial charge is 0.377 e. The molecule has 1 aromatic rings. The Kier molecular flexibility index (Phi) is 7.32. The first kappa shape index (κ1) is 20.8. The maximum atomic E-state index is 5.13. The van der Waals surface area contributed by atoms with Crippen LogP contribution in [0.1, 0.15) is 37.3 Å². The molecule has 152 valence electrons. The second-order valence-electron chi connectivity index (χ2n) is 7.77. The Morgan fingerprint density at radius 2 is 2.11 bits per heavy atom. The molecule has 2 aliphatic heterocycles. The monoisotopic (exact) mass is 489 g/mol. The van der Waals surface area contributed by atoms with Gasteiger partial charge in [0.15, 0.2) is 11.8 Å². The minimum Gasteiger partial charge on any atom is -0.377 e.